The van der Waals surface area contributed by atoms with E-state index < -0.39 is 0 Å². The van der Waals surface area contributed by atoms with Crippen LogP contribution in [0.4, 0.5) is 5.82 Å². The SMILES string of the molecule is COc1cc(C2C3=C(COC3=O)Nc3nn(-c4ccccc4)cc32)cc(Br)c1OC. The summed E-state index contributed by atoms with van der Waals surface area (Å²) in [6, 6.07) is 13.7. The third kappa shape index (κ3) is 2.87. The van der Waals surface area contributed by atoms with Gasteiger partial charge in [0.2, 0.25) is 0 Å². The van der Waals surface area contributed by atoms with Crippen LogP contribution in [0.3, 0.4) is 0 Å². The Morgan fingerprint density at radius 1 is 1.20 bits per heavy atom. The minimum Gasteiger partial charge on any atom is -0.493 e. The van der Waals surface area contributed by atoms with E-state index in [1.165, 1.54) is 0 Å². The molecule has 152 valence electrons. The highest BCUT2D eigenvalue weighted by molar-refractivity contribution is 9.10. The number of benzene rings is 2. The molecular formula is C22H18BrN3O4. The number of para-hydroxylation sites is 1. The zero-order valence-corrected chi connectivity index (χ0v) is 17.9. The van der Waals surface area contributed by atoms with Gasteiger partial charge in [-0.25, -0.2) is 9.48 Å². The number of nitrogens with one attached hydrogen (secondary N) is 1. The molecule has 0 spiro atoms. The van der Waals surface area contributed by atoms with E-state index in [1.54, 1.807) is 14.2 Å². The van der Waals surface area contributed by atoms with E-state index in [1.807, 2.05) is 53.3 Å². The topological polar surface area (TPSA) is 74.6 Å². The minimum absolute atomic E-state index is 0.205. The van der Waals surface area contributed by atoms with E-state index in [-0.39, 0.29) is 18.5 Å². The maximum Gasteiger partial charge on any atom is 0.337 e. The summed E-state index contributed by atoms with van der Waals surface area (Å²) < 4.78 is 18.8. The number of esters is 1. The van der Waals surface area contributed by atoms with Gasteiger partial charge >= 0.3 is 5.97 Å². The molecule has 1 aromatic heterocycles. The van der Waals surface area contributed by atoms with E-state index in [0.717, 1.165) is 27.0 Å². The average Bonchev–Trinajstić information content (AvgIpc) is 3.35. The van der Waals surface area contributed by atoms with Crippen molar-refractivity contribution in [2.45, 2.75) is 5.92 Å². The predicted octanol–water partition coefficient (Wildman–Crippen LogP) is 4.02. The van der Waals surface area contributed by atoms with Crippen molar-refractivity contribution in [2.24, 2.45) is 0 Å². The van der Waals surface area contributed by atoms with Gasteiger partial charge in [-0.05, 0) is 45.8 Å². The summed E-state index contributed by atoms with van der Waals surface area (Å²) in [5.74, 6) is 1.20. The molecule has 0 bridgehead atoms. The minimum atomic E-state index is -0.347. The van der Waals surface area contributed by atoms with Crippen molar-refractivity contribution < 1.29 is 19.0 Å². The first-order valence-corrected chi connectivity index (χ1v) is 10.1. The fourth-order valence-corrected chi connectivity index (χ4v) is 4.59. The molecule has 7 nitrogen and oxygen atoms in total. The fraction of sp³-hybridized carbons (Fsp3) is 0.182. The standard InChI is InChI=1S/C22H18BrN3O4/c1-28-17-9-12(8-15(23)20(17)29-2)18-14-10-26(13-6-4-3-5-7-13)25-21(14)24-16-11-30-22(27)19(16)18/h3-10,18H,11H2,1-2H3,(H,24,25). The van der Waals surface area contributed by atoms with Gasteiger partial charge in [0.1, 0.15) is 6.61 Å². The summed E-state index contributed by atoms with van der Waals surface area (Å²) in [7, 11) is 3.17. The number of hydrogen-bond donors (Lipinski definition) is 1. The number of ether oxygens (including phenoxy) is 3. The van der Waals surface area contributed by atoms with Crippen molar-refractivity contribution in [1.82, 2.24) is 9.78 Å². The van der Waals surface area contributed by atoms with Gasteiger partial charge in [-0.15, -0.1) is 5.10 Å². The van der Waals surface area contributed by atoms with Gasteiger partial charge in [0.25, 0.3) is 0 Å². The number of halogens is 1. The predicted molar refractivity (Wildman–Crippen MR) is 114 cm³/mol. The number of anilines is 1. The van der Waals surface area contributed by atoms with Gasteiger partial charge < -0.3 is 19.5 Å². The quantitative estimate of drug-likeness (QED) is 0.584. The Bertz CT molecular complexity index is 1190. The van der Waals surface area contributed by atoms with Gasteiger partial charge in [-0.3, -0.25) is 0 Å². The smallest absolute Gasteiger partial charge is 0.337 e. The Morgan fingerprint density at radius 3 is 2.73 bits per heavy atom. The molecule has 2 aliphatic heterocycles. The molecule has 1 N–H and O–H groups in total. The highest BCUT2D eigenvalue weighted by atomic mass is 79.9. The van der Waals surface area contributed by atoms with Crippen molar-refractivity contribution >= 4 is 27.7 Å². The Balaban J connectivity index is 1.70. The summed E-state index contributed by atoms with van der Waals surface area (Å²) >= 11 is 3.56. The van der Waals surface area contributed by atoms with Crippen LogP contribution in [0.15, 0.2) is 64.4 Å². The van der Waals surface area contributed by atoms with Gasteiger partial charge in [-0.1, -0.05) is 18.2 Å². The Hall–Kier alpha value is -3.26. The van der Waals surface area contributed by atoms with E-state index in [2.05, 4.69) is 21.2 Å². The first-order chi connectivity index (χ1) is 14.6. The lowest BCUT2D eigenvalue weighted by atomic mass is 9.83. The van der Waals surface area contributed by atoms with Crippen molar-refractivity contribution in [3.8, 4) is 17.2 Å². The Morgan fingerprint density at radius 2 is 2.00 bits per heavy atom. The first kappa shape index (κ1) is 18.7. The number of nitrogens with zero attached hydrogens (tertiary/aromatic N) is 2. The molecule has 2 aromatic carbocycles. The molecule has 0 amide bonds. The lowest BCUT2D eigenvalue weighted by Gasteiger charge is -2.24. The van der Waals surface area contributed by atoms with Crippen molar-refractivity contribution in [3.63, 3.8) is 0 Å². The summed E-state index contributed by atoms with van der Waals surface area (Å²) in [6.45, 7) is 0.205. The zero-order chi connectivity index (χ0) is 20.8. The van der Waals surface area contributed by atoms with Crippen LogP contribution >= 0.6 is 15.9 Å². The van der Waals surface area contributed by atoms with Gasteiger partial charge in [0.15, 0.2) is 17.3 Å². The third-order valence-corrected chi connectivity index (χ3v) is 5.90. The number of aromatic nitrogens is 2. The van der Waals surface area contributed by atoms with Crippen LogP contribution in [0, 0.1) is 0 Å². The Labute approximate surface area is 181 Å². The number of rotatable bonds is 4. The lowest BCUT2D eigenvalue weighted by molar-refractivity contribution is -0.136. The molecule has 3 aromatic rings. The number of carbonyl (C=O) groups excluding carboxylic acids is 1. The van der Waals surface area contributed by atoms with Crippen molar-refractivity contribution in [2.75, 3.05) is 26.1 Å². The molecule has 1 atom stereocenters. The number of cyclic esters (lactones) is 1. The maximum absolute atomic E-state index is 12.6. The normalized spacial score (nSPS) is 17.2. The summed E-state index contributed by atoms with van der Waals surface area (Å²) in [4.78, 5) is 12.6. The zero-order valence-electron chi connectivity index (χ0n) is 16.3. The molecule has 8 heteroatoms. The second kappa shape index (κ2) is 7.21. The second-order valence-electron chi connectivity index (χ2n) is 6.98. The maximum atomic E-state index is 12.6. The molecule has 30 heavy (non-hydrogen) atoms. The van der Waals surface area contributed by atoms with Crippen LogP contribution in [-0.4, -0.2) is 36.6 Å². The molecule has 0 radical (unpaired) electrons. The monoisotopic (exact) mass is 467 g/mol. The van der Waals surface area contributed by atoms with Gasteiger partial charge in [-0.2, -0.15) is 0 Å². The van der Waals surface area contributed by atoms with E-state index in [4.69, 9.17) is 19.3 Å². The number of carbonyl (C=O) groups is 1. The Kier molecular flexibility index (Phi) is 4.51. The van der Waals surface area contributed by atoms with Crippen LogP contribution in [0.5, 0.6) is 11.5 Å². The molecule has 0 fully saturated rings. The van der Waals surface area contributed by atoms with Crippen molar-refractivity contribution in [3.05, 3.63) is 75.5 Å². The molecule has 1 unspecified atom stereocenters. The number of fused-ring (bicyclic) bond motifs is 1. The number of hydrogen-bond acceptors (Lipinski definition) is 6. The summed E-state index contributed by atoms with van der Waals surface area (Å²) in [5.41, 5.74) is 4.02. The van der Waals surface area contributed by atoms with Crippen LogP contribution in [0.25, 0.3) is 5.69 Å². The highest BCUT2D eigenvalue weighted by Gasteiger charge is 2.40. The summed E-state index contributed by atoms with van der Waals surface area (Å²) in [5, 5.41) is 8.00. The molecule has 0 aliphatic carbocycles. The van der Waals surface area contributed by atoms with E-state index in [9.17, 15) is 4.79 Å². The van der Waals surface area contributed by atoms with E-state index in [0.29, 0.717) is 22.9 Å². The molecule has 2 aliphatic rings. The molecule has 0 saturated carbocycles. The van der Waals surface area contributed by atoms with Crippen LogP contribution in [0.1, 0.15) is 17.0 Å². The van der Waals surface area contributed by atoms with Gasteiger partial charge in [0.05, 0.1) is 35.6 Å². The highest BCUT2D eigenvalue weighted by Crippen LogP contribution is 2.47. The van der Waals surface area contributed by atoms with Crippen LogP contribution < -0.4 is 14.8 Å². The first-order valence-electron chi connectivity index (χ1n) is 9.34. The molecule has 0 saturated heterocycles. The lowest BCUT2D eigenvalue weighted by Crippen LogP contribution is -2.19. The summed E-state index contributed by atoms with van der Waals surface area (Å²) in [6.07, 6.45) is 1.95. The van der Waals surface area contributed by atoms with Crippen LogP contribution in [0.2, 0.25) is 0 Å². The fourth-order valence-electron chi connectivity index (χ4n) is 3.97. The average molecular weight is 468 g/mol. The second-order valence-corrected chi connectivity index (χ2v) is 7.83. The number of methoxy groups -OCH3 is 2. The molecular weight excluding hydrogens is 450 g/mol. The van der Waals surface area contributed by atoms with Crippen LogP contribution in [-0.2, 0) is 9.53 Å². The third-order valence-electron chi connectivity index (χ3n) is 5.31. The largest absolute Gasteiger partial charge is 0.493 e. The molecule has 5 rings (SSSR count). The van der Waals surface area contributed by atoms with E-state index >= 15 is 0 Å². The molecule has 3 heterocycles. The van der Waals surface area contributed by atoms with Crippen molar-refractivity contribution in [1.29, 1.82) is 0 Å². The van der Waals surface area contributed by atoms with Gasteiger partial charge in [0, 0.05) is 17.7 Å².